The van der Waals surface area contributed by atoms with E-state index in [9.17, 15) is 14.7 Å². The number of carboxylic acids is 1. The van der Waals surface area contributed by atoms with Crippen molar-refractivity contribution in [1.29, 1.82) is 0 Å². The predicted molar refractivity (Wildman–Crippen MR) is 91.1 cm³/mol. The van der Waals surface area contributed by atoms with E-state index >= 15 is 0 Å². The first-order valence-corrected chi connectivity index (χ1v) is 9.59. The van der Waals surface area contributed by atoms with Crippen LogP contribution in [0.3, 0.4) is 0 Å². The zero-order chi connectivity index (χ0) is 15.4. The number of nitrogens with zero attached hydrogens (tertiary/aromatic N) is 1. The Morgan fingerprint density at radius 2 is 2.38 bits per heavy atom. The Bertz CT molecular complexity index is 582. The van der Waals surface area contributed by atoms with Crippen molar-refractivity contribution in [2.45, 2.75) is 12.5 Å². The minimum atomic E-state index is -1.27. The topological polar surface area (TPSA) is 60.4 Å². The van der Waals surface area contributed by atoms with E-state index in [0.29, 0.717) is 17.1 Å². The molecular formula is C13H12NO3S4-. The first-order valence-electron chi connectivity index (χ1n) is 6.03. The van der Waals surface area contributed by atoms with Gasteiger partial charge in [0.1, 0.15) is 4.32 Å². The average Bonchev–Trinajstić information content (AvgIpc) is 3.02. The zero-order valence-electron chi connectivity index (χ0n) is 11.1. The zero-order valence-corrected chi connectivity index (χ0v) is 14.4. The second-order valence-corrected chi connectivity index (χ2v) is 7.67. The maximum absolute atomic E-state index is 12.4. The quantitative estimate of drug-likeness (QED) is 0.571. The van der Waals surface area contributed by atoms with Crippen molar-refractivity contribution < 1.29 is 14.7 Å². The molecule has 1 saturated heterocycles. The lowest BCUT2D eigenvalue weighted by molar-refractivity contribution is -0.310. The van der Waals surface area contributed by atoms with Gasteiger partial charge in [-0.2, -0.15) is 23.1 Å². The van der Waals surface area contributed by atoms with E-state index in [4.69, 9.17) is 12.2 Å². The molecule has 0 bridgehead atoms. The molecule has 1 amide bonds. The maximum atomic E-state index is 12.4. The molecule has 0 saturated carbocycles. The summed E-state index contributed by atoms with van der Waals surface area (Å²) >= 11 is 9.35. The van der Waals surface area contributed by atoms with E-state index in [2.05, 4.69) is 0 Å². The van der Waals surface area contributed by atoms with Gasteiger partial charge in [0.2, 0.25) is 0 Å². The largest absolute Gasteiger partial charge is 0.548 e. The van der Waals surface area contributed by atoms with Gasteiger partial charge >= 0.3 is 0 Å². The first kappa shape index (κ1) is 16.5. The molecule has 0 radical (unpaired) electrons. The molecule has 21 heavy (non-hydrogen) atoms. The van der Waals surface area contributed by atoms with Crippen LogP contribution < -0.4 is 5.11 Å². The molecule has 2 heterocycles. The Kier molecular flexibility index (Phi) is 5.86. The third-order valence-electron chi connectivity index (χ3n) is 2.84. The minimum Gasteiger partial charge on any atom is -0.548 e. The van der Waals surface area contributed by atoms with Crippen LogP contribution >= 0.6 is 47.1 Å². The SMILES string of the molecule is CSCC[C@H](C(=O)[O-])N1C(=O)/C(=C\c2ccsc2)SC1=S. The molecular weight excluding hydrogens is 346 g/mol. The number of thioether (sulfide) groups is 2. The summed E-state index contributed by atoms with van der Waals surface area (Å²) in [7, 11) is 0. The number of carbonyl (C=O) groups excluding carboxylic acids is 2. The number of hydrogen-bond donors (Lipinski definition) is 0. The number of thiocarbonyl (C=S) groups is 1. The summed E-state index contributed by atoms with van der Waals surface area (Å²) in [5.41, 5.74) is 0.912. The molecule has 8 heteroatoms. The normalized spacial score (nSPS) is 18.5. The number of carboxylic acid groups (broad SMARTS) is 1. The lowest BCUT2D eigenvalue weighted by atomic mass is 10.2. The van der Waals surface area contributed by atoms with Gasteiger partial charge in [0.15, 0.2) is 0 Å². The van der Waals surface area contributed by atoms with Crippen molar-refractivity contribution in [3.05, 3.63) is 27.3 Å². The Morgan fingerprint density at radius 1 is 1.62 bits per heavy atom. The number of hydrogen-bond acceptors (Lipinski definition) is 7. The smallest absolute Gasteiger partial charge is 0.266 e. The van der Waals surface area contributed by atoms with Crippen molar-refractivity contribution in [2.75, 3.05) is 12.0 Å². The summed E-state index contributed by atoms with van der Waals surface area (Å²) in [6.07, 6.45) is 3.94. The van der Waals surface area contributed by atoms with Crippen molar-refractivity contribution in [1.82, 2.24) is 4.90 Å². The van der Waals surface area contributed by atoms with Gasteiger partial charge in [0, 0.05) is 0 Å². The van der Waals surface area contributed by atoms with Gasteiger partial charge in [-0.1, -0.05) is 24.0 Å². The summed E-state index contributed by atoms with van der Waals surface area (Å²) in [6, 6.07) is 0.888. The fourth-order valence-electron chi connectivity index (χ4n) is 1.84. The van der Waals surface area contributed by atoms with Gasteiger partial charge in [-0.3, -0.25) is 9.69 Å². The van der Waals surface area contributed by atoms with Crippen molar-refractivity contribution >= 4 is 69.4 Å². The number of amides is 1. The van der Waals surface area contributed by atoms with Gasteiger partial charge < -0.3 is 9.90 Å². The van der Waals surface area contributed by atoms with Gasteiger partial charge in [0.05, 0.1) is 16.9 Å². The van der Waals surface area contributed by atoms with E-state index in [1.807, 2.05) is 23.1 Å². The molecule has 2 rings (SSSR count). The standard InChI is InChI=1S/C13H13NO3S4/c1-19-4-3-9(12(16)17)14-11(15)10(21-13(14)18)6-8-2-5-20-7-8/h2,5-7,9H,3-4H2,1H3,(H,16,17)/p-1/b10-6+/t9-/m1/s1. The van der Waals surface area contributed by atoms with E-state index in [0.717, 1.165) is 17.3 Å². The number of aliphatic carboxylic acids is 1. The fourth-order valence-corrected chi connectivity index (χ4v) is 4.27. The number of thiophene rings is 1. The van der Waals surface area contributed by atoms with Gasteiger partial charge in [-0.05, 0) is 46.9 Å². The molecule has 1 aliphatic rings. The van der Waals surface area contributed by atoms with Crippen molar-refractivity contribution in [3.63, 3.8) is 0 Å². The van der Waals surface area contributed by atoms with Crippen LogP contribution in [0, 0.1) is 0 Å². The second-order valence-electron chi connectivity index (χ2n) is 4.22. The lowest BCUT2D eigenvalue weighted by Crippen LogP contribution is -2.50. The molecule has 1 aromatic rings. The Hall–Kier alpha value is -0.830. The minimum absolute atomic E-state index is 0.275. The van der Waals surface area contributed by atoms with Gasteiger partial charge in [-0.25, -0.2) is 0 Å². The Morgan fingerprint density at radius 3 is 2.95 bits per heavy atom. The van der Waals surface area contributed by atoms with Crippen LogP contribution in [0.2, 0.25) is 0 Å². The third kappa shape index (κ3) is 3.88. The fraction of sp³-hybridized carbons (Fsp3) is 0.308. The molecule has 0 aromatic carbocycles. The molecule has 0 aliphatic carbocycles. The van der Waals surface area contributed by atoms with E-state index < -0.39 is 12.0 Å². The molecule has 1 fully saturated rings. The molecule has 1 atom stereocenters. The van der Waals surface area contributed by atoms with Gasteiger partial charge in [0.25, 0.3) is 5.91 Å². The lowest BCUT2D eigenvalue weighted by Gasteiger charge is -2.27. The van der Waals surface area contributed by atoms with Crippen LogP contribution in [-0.4, -0.2) is 39.1 Å². The number of rotatable bonds is 6. The highest BCUT2D eigenvalue weighted by molar-refractivity contribution is 8.26. The number of carbonyl (C=O) groups is 2. The molecule has 0 unspecified atom stereocenters. The Balaban J connectivity index is 2.22. The summed E-state index contributed by atoms with van der Waals surface area (Å²) < 4.78 is 0.275. The second kappa shape index (κ2) is 7.44. The monoisotopic (exact) mass is 358 g/mol. The molecule has 0 N–H and O–H groups in total. The van der Waals surface area contributed by atoms with Gasteiger partial charge in [-0.15, -0.1) is 0 Å². The van der Waals surface area contributed by atoms with Crippen LogP contribution in [0.5, 0.6) is 0 Å². The first-order chi connectivity index (χ1) is 10.0. The van der Waals surface area contributed by atoms with Crippen LogP contribution in [0.15, 0.2) is 21.7 Å². The predicted octanol–water partition coefficient (Wildman–Crippen LogP) is 1.82. The molecule has 0 spiro atoms. The average molecular weight is 359 g/mol. The molecule has 1 aliphatic heterocycles. The summed E-state index contributed by atoms with van der Waals surface area (Å²) in [6.45, 7) is 0. The van der Waals surface area contributed by atoms with E-state index in [1.165, 1.54) is 28.0 Å². The van der Waals surface area contributed by atoms with Crippen molar-refractivity contribution in [2.24, 2.45) is 0 Å². The van der Waals surface area contributed by atoms with E-state index in [1.54, 1.807) is 6.08 Å². The summed E-state index contributed by atoms with van der Waals surface area (Å²) in [4.78, 5) is 25.3. The van der Waals surface area contributed by atoms with Crippen LogP contribution in [-0.2, 0) is 9.59 Å². The highest BCUT2D eigenvalue weighted by Gasteiger charge is 2.37. The maximum Gasteiger partial charge on any atom is 0.266 e. The highest BCUT2D eigenvalue weighted by Crippen LogP contribution is 2.34. The van der Waals surface area contributed by atoms with E-state index in [-0.39, 0.29) is 10.2 Å². The molecule has 4 nitrogen and oxygen atoms in total. The highest BCUT2D eigenvalue weighted by atomic mass is 32.2. The van der Waals surface area contributed by atoms with Crippen LogP contribution in [0.4, 0.5) is 0 Å². The molecule has 112 valence electrons. The summed E-state index contributed by atoms with van der Waals surface area (Å²) in [5, 5.41) is 15.1. The van der Waals surface area contributed by atoms with Crippen molar-refractivity contribution in [3.8, 4) is 0 Å². The van der Waals surface area contributed by atoms with Crippen LogP contribution in [0.1, 0.15) is 12.0 Å². The third-order valence-corrected chi connectivity index (χ3v) is 5.52. The summed E-state index contributed by atoms with van der Waals surface area (Å²) in [5.74, 6) is -0.997. The molecule has 1 aromatic heterocycles. The Labute approximate surface area is 140 Å². The van der Waals surface area contributed by atoms with Crippen LogP contribution in [0.25, 0.3) is 6.08 Å².